The second-order valence-electron chi connectivity index (χ2n) is 2.30. The highest BCUT2D eigenvalue weighted by Gasteiger charge is 2.05. The van der Waals surface area contributed by atoms with Crippen molar-refractivity contribution in [2.45, 2.75) is 0 Å². The average molecular weight is 177 g/mol. The summed E-state index contributed by atoms with van der Waals surface area (Å²) in [7, 11) is 0. The van der Waals surface area contributed by atoms with Crippen LogP contribution in [-0.2, 0) is 4.79 Å². The fourth-order valence-corrected chi connectivity index (χ4v) is 0.746. The highest BCUT2D eigenvalue weighted by molar-refractivity contribution is 5.95. The Balaban J connectivity index is 2.54. The van der Waals surface area contributed by atoms with Gasteiger partial charge in [-0.25, -0.2) is 0 Å². The molecule has 0 aliphatic heterocycles. The second kappa shape index (κ2) is 4.25. The van der Waals surface area contributed by atoms with Crippen molar-refractivity contribution in [2.24, 2.45) is 0 Å². The zero-order valence-electron chi connectivity index (χ0n) is 6.70. The predicted molar refractivity (Wildman–Crippen MR) is 44.1 cm³/mol. The molecule has 2 radical (unpaired) electrons. The summed E-state index contributed by atoms with van der Waals surface area (Å²) >= 11 is 0. The van der Waals surface area contributed by atoms with Crippen LogP contribution < -0.4 is 5.32 Å². The van der Waals surface area contributed by atoms with Gasteiger partial charge >= 0.3 is 5.97 Å². The van der Waals surface area contributed by atoms with Gasteiger partial charge in [0, 0.05) is 5.56 Å². The summed E-state index contributed by atoms with van der Waals surface area (Å²) in [4.78, 5) is 21.2. The van der Waals surface area contributed by atoms with Crippen molar-refractivity contribution in [1.29, 1.82) is 0 Å². The van der Waals surface area contributed by atoms with Gasteiger partial charge in [0.1, 0.15) is 6.54 Å². The van der Waals surface area contributed by atoms with Crippen molar-refractivity contribution in [2.75, 3.05) is 6.54 Å². The Morgan fingerprint density at radius 2 is 2.23 bits per heavy atom. The molecule has 13 heavy (non-hydrogen) atoms. The van der Waals surface area contributed by atoms with Gasteiger partial charge in [-0.1, -0.05) is 6.07 Å². The number of benzene rings is 1. The molecule has 0 heterocycles. The predicted octanol–water partition coefficient (Wildman–Crippen LogP) is 0.101. The standard InChI is InChI=1S/C9H7NO3/c11-8(12)6-10-9(13)7-4-2-1-3-5-7/h2,4-5H,6H2,(H,10,13)(H,11,12). The van der Waals surface area contributed by atoms with E-state index in [1.807, 2.05) is 0 Å². The largest absolute Gasteiger partial charge is 0.480 e. The van der Waals surface area contributed by atoms with Crippen LogP contribution in [0.5, 0.6) is 0 Å². The minimum atomic E-state index is -1.07. The first-order valence-electron chi connectivity index (χ1n) is 3.58. The highest BCUT2D eigenvalue weighted by Crippen LogP contribution is 1.95. The first kappa shape index (κ1) is 9.25. The van der Waals surface area contributed by atoms with Crippen molar-refractivity contribution in [3.8, 4) is 0 Å². The Hall–Kier alpha value is -1.84. The number of hydrogen-bond acceptors (Lipinski definition) is 2. The average Bonchev–Trinajstić information content (AvgIpc) is 2.15. The molecule has 0 saturated heterocycles. The van der Waals surface area contributed by atoms with Gasteiger partial charge < -0.3 is 10.4 Å². The lowest BCUT2D eigenvalue weighted by molar-refractivity contribution is -0.135. The number of carbonyl (C=O) groups excluding carboxylic acids is 1. The van der Waals surface area contributed by atoms with Gasteiger partial charge in [-0.15, -0.1) is 0 Å². The third kappa shape index (κ3) is 2.94. The van der Waals surface area contributed by atoms with Crippen molar-refractivity contribution in [1.82, 2.24) is 5.32 Å². The van der Waals surface area contributed by atoms with Crippen molar-refractivity contribution in [3.63, 3.8) is 0 Å². The number of carboxylic acids is 1. The summed E-state index contributed by atoms with van der Waals surface area (Å²) in [5.74, 6) is -1.49. The van der Waals surface area contributed by atoms with Crippen LogP contribution >= 0.6 is 0 Å². The Labute approximate surface area is 75.2 Å². The van der Waals surface area contributed by atoms with E-state index in [1.54, 1.807) is 0 Å². The van der Waals surface area contributed by atoms with E-state index in [2.05, 4.69) is 17.4 Å². The molecule has 1 rings (SSSR count). The van der Waals surface area contributed by atoms with Crippen molar-refractivity contribution >= 4 is 11.9 Å². The van der Waals surface area contributed by atoms with Gasteiger partial charge in [0.05, 0.1) is 0 Å². The molecule has 4 nitrogen and oxygen atoms in total. The zero-order chi connectivity index (χ0) is 9.68. The third-order valence-electron chi connectivity index (χ3n) is 1.32. The third-order valence-corrected chi connectivity index (χ3v) is 1.32. The highest BCUT2D eigenvalue weighted by atomic mass is 16.4. The lowest BCUT2D eigenvalue weighted by Gasteiger charge is -2.00. The molecule has 1 aromatic carbocycles. The molecule has 1 amide bonds. The number of aliphatic carboxylic acids is 1. The van der Waals surface area contributed by atoms with E-state index in [9.17, 15) is 9.59 Å². The van der Waals surface area contributed by atoms with Crippen LogP contribution in [0.3, 0.4) is 0 Å². The summed E-state index contributed by atoms with van der Waals surface area (Å²) in [5, 5.41) is 10.5. The Morgan fingerprint density at radius 3 is 2.77 bits per heavy atom. The normalized spacial score (nSPS) is 9.23. The van der Waals surface area contributed by atoms with E-state index < -0.39 is 11.9 Å². The number of rotatable bonds is 3. The van der Waals surface area contributed by atoms with Crippen molar-refractivity contribution in [3.05, 3.63) is 35.9 Å². The fraction of sp³-hybridized carbons (Fsp3) is 0.111. The number of carboxylic acid groups (broad SMARTS) is 1. The van der Waals surface area contributed by atoms with Crippen molar-refractivity contribution < 1.29 is 14.7 Å². The molecule has 66 valence electrons. The molecule has 4 heteroatoms. The molecule has 0 aromatic heterocycles. The summed E-state index contributed by atoms with van der Waals surface area (Å²) in [6, 6.07) is 9.74. The fourth-order valence-electron chi connectivity index (χ4n) is 0.746. The maximum absolute atomic E-state index is 11.1. The lowest BCUT2D eigenvalue weighted by Crippen LogP contribution is -2.29. The van der Waals surface area contributed by atoms with Gasteiger partial charge in [-0.2, -0.15) is 0 Å². The van der Waals surface area contributed by atoms with Crippen LogP contribution in [0.15, 0.2) is 18.2 Å². The molecule has 0 bridgehead atoms. The molecule has 0 aliphatic rings. The summed E-state index contributed by atoms with van der Waals surface area (Å²) in [6.45, 7) is -0.378. The second-order valence-corrected chi connectivity index (χ2v) is 2.30. The number of nitrogens with one attached hydrogen (secondary N) is 1. The quantitative estimate of drug-likeness (QED) is 0.688. The van der Waals surface area contributed by atoms with Crippen LogP contribution in [0.25, 0.3) is 0 Å². The van der Waals surface area contributed by atoms with E-state index in [0.717, 1.165) is 0 Å². The topological polar surface area (TPSA) is 66.4 Å². The lowest BCUT2D eigenvalue weighted by atomic mass is 10.2. The molecule has 0 aliphatic carbocycles. The molecule has 0 unspecified atom stereocenters. The van der Waals surface area contributed by atoms with E-state index in [1.165, 1.54) is 18.2 Å². The van der Waals surface area contributed by atoms with E-state index in [0.29, 0.717) is 5.56 Å². The number of carbonyl (C=O) groups is 2. The minimum Gasteiger partial charge on any atom is -0.480 e. The molecule has 0 saturated carbocycles. The van der Waals surface area contributed by atoms with Gasteiger partial charge in [-0.05, 0) is 24.3 Å². The maximum atomic E-state index is 11.1. The summed E-state index contributed by atoms with van der Waals surface area (Å²) < 4.78 is 0. The van der Waals surface area contributed by atoms with E-state index >= 15 is 0 Å². The SMILES string of the molecule is O=C(O)CNC(=O)c1c[c][c]cc1. The molecule has 0 spiro atoms. The van der Waals surface area contributed by atoms with Crippen LogP contribution in [0.2, 0.25) is 0 Å². The first-order chi connectivity index (χ1) is 6.20. The molecular formula is C9H7NO3. The van der Waals surface area contributed by atoms with Crippen LogP contribution in [-0.4, -0.2) is 23.5 Å². The number of hydrogen-bond donors (Lipinski definition) is 2. The first-order valence-corrected chi connectivity index (χ1v) is 3.58. The van der Waals surface area contributed by atoms with Gasteiger partial charge in [0.2, 0.25) is 0 Å². The zero-order valence-corrected chi connectivity index (χ0v) is 6.70. The minimum absolute atomic E-state index is 0.375. The molecule has 2 N–H and O–H groups in total. The molecule has 1 aromatic rings. The molecular weight excluding hydrogens is 170 g/mol. The number of amides is 1. The van der Waals surface area contributed by atoms with Crippen LogP contribution in [0.4, 0.5) is 0 Å². The van der Waals surface area contributed by atoms with E-state index in [4.69, 9.17) is 5.11 Å². The Kier molecular flexibility index (Phi) is 3.03. The Morgan fingerprint density at radius 1 is 1.46 bits per heavy atom. The van der Waals surface area contributed by atoms with Gasteiger partial charge in [0.15, 0.2) is 0 Å². The van der Waals surface area contributed by atoms with Crippen LogP contribution in [0, 0.1) is 12.1 Å². The smallest absolute Gasteiger partial charge is 0.322 e. The maximum Gasteiger partial charge on any atom is 0.322 e. The molecule has 0 atom stereocenters. The van der Waals surface area contributed by atoms with Gasteiger partial charge in [0.25, 0.3) is 5.91 Å². The molecule has 0 fully saturated rings. The van der Waals surface area contributed by atoms with E-state index in [-0.39, 0.29) is 6.54 Å². The van der Waals surface area contributed by atoms with Crippen LogP contribution in [0.1, 0.15) is 10.4 Å². The summed E-state index contributed by atoms with van der Waals surface area (Å²) in [5.41, 5.74) is 0.375. The monoisotopic (exact) mass is 177 g/mol. The Bertz CT molecular complexity index is 308. The summed E-state index contributed by atoms with van der Waals surface area (Å²) in [6.07, 6.45) is 0. The van der Waals surface area contributed by atoms with Gasteiger partial charge in [-0.3, -0.25) is 9.59 Å².